The van der Waals surface area contributed by atoms with Gasteiger partial charge < -0.3 is 34.2 Å². The zero-order valence-electron chi connectivity index (χ0n) is 65.0. The van der Waals surface area contributed by atoms with Gasteiger partial charge in [0.1, 0.15) is 25.4 Å². The van der Waals surface area contributed by atoms with E-state index in [0.717, 1.165) is 141 Å². The average Bonchev–Trinajstić information content (AvgIpc) is 0.924. The van der Waals surface area contributed by atoms with E-state index in [-0.39, 0.29) is 19.3 Å². The van der Waals surface area contributed by atoms with Crippen molar-refractivity contribution in [2.75, 3.05) is 39.6 Å². The summed E-state index contributed by atoms with van der Waals surface area (Å²) in [6.07, 6.45) is 92.5. The number of carbonyl (C=O) groups excluding carboxylic acids is 3. The van der Waals surface area contributed by atoms with E-state index in [0.29, 0.717) is 19.3 Å². The molecule has 0 bridgehead atoms. The molecule has 18 heteroatoms. The molecule has 0 saturated heterocycles. The molecule has 5 atom stereocenters. The zero-order valence-corrected chi connectivity index (χ0v) is 66.7. The number of esters is 3. The molecule has 0 aliphatic heterocycles. The molecule has 5 unspecified atom stereocenters. The summed E-state index contributed by atoms with van der Waals surface area (Å²) in [5.74, 6) is -1.60. The van der Waals surface area contributed by atoms with Crippen molar-refractivity contribution in [3.63, 3.8) is 0 Å². The van der Waals surface area contributed by atoms with Gasteiger partial charge in [-0.15, -0.1) is 0 Å². The Morgan fingerprint density at radius 3 is 0.845 bits per heavy atom. The first-order chi connectivity index (χ1) is 50.2. The molecule has 0 fully saturated rings. The SMILES string of the molecule is CC/C=C\C/C=C\C/C=C\C/C=C\C/C=C\CCCCCCCC(=O)OCC(COP(=O)(O)OCC(O)COP(=O)(O)OCC(O)COC(=O)CCCCCCCCCCCCCCCCC/C=C\C/C=C\C/C=C\C/C=C\CCCCC)OC(=O)CCCCCCC/C=C\CCCCCCCC. The van der Waals surface area contributed by atoms with Gasteiger partial charge in [-0.25, -0.2) is 9.13 Å². The van der Waals surface area contributed by atoms with Crippen LogP contribution in [0.5, 0.6) is 0 Å². The lowest BCUT2D eigenvalue weighted by Crippen LogP contribution is -2.30. The topological polar surface area (TPSA) is 231 Å². The Morgan fingerprint density at radius 2 is 0.515 bits per heavy atom. The molecule has 0 aromatic rings. The van der Waals surface area contributed by atoms with Crippen molar-refractivity contribution in [2.24, 2.45) is 0 Å². The highest BCUT2D eigenvalue weighted by Crippen LogP contribution is 2.45. The molecular weight excluding hydrogens is 1340 g/mol. The number of hydrogen-bond acceptors (Lipinski definition) is 14. The van der Waals surface area contributed by atoms with Gasteiger partial charge in [-0.2, -0.15) is 0 Å². The Labute approximate surface area is 627 Å². The van der Waals surface area contributed by atoms with Gasteiger partial charge in [0.25, 0.3) is 0 Å². The summed E-state index contributed by atoms with van der Waals surface area (Å²) in [4.78, 5) is 58.7. The first-order valence-electron chi connectivity index (χ1n) is 40.8. The zero-order chi connectivity index (χ0) is 75.2. The minimum Gasteiger partial charge on any atom is -0.463 e. The summed E-state index contributed by atoms with van der Waals surface area (Å²) in [5, 5.41) is 20.7. The highest BCUT2D eigenvalue weighted by atomic mass is 31.2. The standard InChI is InChI=1S/C85H148O16P2/c1-4-7-10-13-16-19-22-25-28-30-32-34-35-36-37-38-39-40-41-42-43-45-47-48-51-53-56-59-62-65-68-71-83(88)95-74-80(86)75-97-102(91,92)98-76-81(87)77-99-103(93,94)100-79-82(101-85(90)73-70-67-64-61-58-55-50-27-24-21-18-15-12-9-6-3)78-96-84(89)72-69-66-63-60-57-54-52-49-46-44-33-31-29-26-23-20-17-14-11-8-5-2/h8,11,16-17,19-20,25-29,32-34,36-37,44,49-50,52,80-82,86-87H,4-7,9-10,12-15,18,21-24,30-31,35,38-43,45-48,51,53-79H2,1-3H3,(H,91,92)(H,93,94)/b11-8-,19-16-,20-17-,28-25-,29-26-,34-32-,37-36-,44-33-,50-27-,52-49-. The molecule has 0 aliphatic rings. The number of phosphoric ester groups is 2. The Kier molecular flexibility index (Phi) is 74.5. The first-order valence-corrected chi connectivity index (χ1v) is 43.8. The summed E-state index contributed by atoms with van der Waals surface area (Å²) in [5.41, 5.74) is 0. The van der Waals surface area contributed by atoms with E-state index in [1.807, 2.05) is 0 Å². The number of ether oxygens (including phenoxy) is 3. The molecule has 0 amide bonds. The molecular formula is C85H148O16P2. The fraction of sp³-hybridized carbons (Fsp3) is 0.729. The minimum atomic E-state index is -4.94. The maximum atomic E-state index is 13.0. The van der Waals surface area contributed by atoms with Crippen molar-refractivity contribution in [1.82, 2.24) is 0 Å². The van der Waals surface area contributed by atoms with E-state index < -0.39 is 91.5 Å². The summed E-state index contributed by atoms with van der Waals surface area (Å²) in [6, 6.07) is 0. The molecule has 0 spiro atoms. The van der Waals surface area contributed by atoms with Crippen molar-refractivity contribution in [3.8, 4) is 0 Å². The molecule has 0 aromatic carbocycles. The van der Waals surface area contributed by atoms with Crippen LogP contribution in [0.25, 0.3) is 0 Å². The van der Waals surface area contributed by atoms with Gasteiger partial charge in [0.2, 0.25) is 0 Å². The van der Waals surface area contributed by atoms with Gasteiger partial charge in [-0.3, -0.25) is 32.5 Å². The Hall–Kier alpha value is -4.05. The molecule has 0 heterocycles. The van der Waals surface area contributed by atoms with Crippen LogP contribution in [0.2, 0.25) is 0 Å². The molecule has 16 nitrogen and oxygen atoms in total. The van der Waals surface area contributed by atoms with Crippen LogP contribution in [0.1, 0.15) is 342 Å². The van der Waals surface area contributed by atoms with Gasteiger partial charge >= 0.3 is 33.6 Å². The lowest BCUT2D eigenvalue weighted by molar-refractivity contribution is -0.161. The predicted molar refractivity (Wildman–Crippen MR) is 427 cm³/mol. The maximum absolute atomic E-state index is 13.0. The molecule has 0 aromatic heterocycles. The fourth-order valence-electron chi connectivity index (χ4n) is 10.9. The van der Waals surface area contributed by atoms with Gasteiger partial charge in [-0.05, 0) is 135 Å². The molecule has 0 aliphatic carbocycles. The monoisotopic (exact) mass is 1490 g/mol. The number of carbonyl (C=O) groups is 3. The highest BCUT2D eigenvalue weighted by molar-refractivity contribution is 7.47. The minimum absolute atomic E-state index is 0.0888. The Balaban J connectivity index is 4.50. The normalized spacial score (nSPS) is 14.6. The van der Waals surface area contributed by atoms with Crippen molar-refractivity contribution in [1.29, 1.82) is 0 Å². The van der Waals surface area contributed by atoms with E-state index in [2.05, 4.69) is 142 Å². The molecule has 0 rings (SSSR count). The second-order valence-electron chi connectivity index (χ2n) is 27.2. The average molecular weight is 1490 g/mol. The van der Waals surface area contributed by atoms with Gasteiger partial charge in [0.05, 0.1) is 26.4 Å². The second kappa shape index (κ2) is 77.6. The highest BCUT2D eigenvalue weighted by Gasteiger charge is 2.29. The van der Waals surface area contributed by atoms with Crippen LogP contribution in [0.4, 0.5) is 0 Å². The molecule has 4 N–H and O–H groups in total. The van der Waals surface area contributed by atoms with Crippen molar-refractivity contribution >= 4 is 33.6 Å². The van der Waals surface area contributed by atoms with Crippen molar-refractivity contribution in [3.05, 3.63) is 122 Å². The third kappa shape index (κ3) is 78.8. The van der Waals surface area contributed by atoms with Gasteiger partial charge in [-0.1, -0.05) is 309 Å². The lowest BCUT2D eigenvalue weighted by Gasteiger charge is -2.21. The summed E-state index contributed by atoms with van der Waals surface area (Å²) in [6.45, 7) is 2.53. The van der Waals surface area contributed by atoms with Crippen LogP contribution in [0, 0.1) is 0 Å². The summed E-state index contributed by atoms with van der Waals surface area (Å²) < 4.78 is 61.2. The van der Waals surface area contributed by atoms with E-state index >= 15 is 0 Å². The maximum Gasteiger partial charge on any atom is 0.472 e. The second-order valence-corrected chi connectivity index (χ2v) is 30.1. The van der Waals surface area contributed by atoms with E-state index in [1.165, 1.54) is 141 Å². The Bertz CT molecular complexity index is 2360. The number of phosphoric acid groups is 2. The summed E-state index contributed by atoms with van der Waals surface area (Å²) >= 11 is 0. The predicted octanol–water partition coefficient (Wildman–Crippen LogP) is 24.1. The largest absolute Gasteiger partial charge is 0.472 e. The number of hydrogen-bond donors (Lipinski definition) is 4. The van der Waals surface area contributed by atoms with Gasteiger partial charge in [0.15, 0.2) is 6.10 Å². The number of rotatable bonds is 77. The Morgan fingerprint density at radius 1 is 0.282 bits per heavy atom. The number of allylic oxidation sites excluding steroid dienone is 20. The smallest absolute Gasteiger partial charge is 0.463 e. The van der Waals surface area contributed by atoms with Crippen molar-refractivity contribution < 1.29 is 75.8 Å². The summed E-state index contributed by atoms with van der Waals surface area (Å²) in [7, 11) is -9.80. The first kappa shape index (κ1) is 98.9. The number of unbranched alkanes of at least 4 members (excludes halogenated alkanes) is 34. The van der Waals surface area contributed by atoms with Crippen LogP contribution >= 0.6 is 15.6 Å². The van der Waals surface area contributed by atoms with E-state index in [1.54, 1.807) is 0 Å². The van der Waals surface area contributed by atoms with Crippen LogP contribution in [0.15, 0.2) is 122 Å². The number of aliphatic hydroxyl groups excluding tert-OH is 2. The van der Waals surface area contributed by atoms with Crippen LogP contribution in [-0.2, 0) is 55.8 Å². The third-order valence-corrected chi connectivity index (χ3v) is 19.0. The van der Waals surface area contributed by atoms with Crippen molar-refractivity contribution in [2.45, 2.75) is 360 Å². The van der Waals surface area contributed by atoms with Crippen LogP contribution in [0.3, 0.4) is 0 Å². The molecule has 0 radical (unpaired) electrons. The fourth-order valence-corrected chi connectivity index (χ4v) is 12.5. The van der Waals surface area contributed by atoms with Crippen LogP contribution in [-0.4, -0.2) is 95.9 Å². The molecule has 594 valence electrons. The lowest BCUT2D eigenvalue weighted by atomic mass is 10.0. The molecule has 0 saturated carbocycles. The van der Waals surface area contributed by atoms with Gasteiger partial charge in [0, 0.05) is 19.3 Å². The quantitative estimate of drug-likeness (QED) is 0.0146. The van der Waals surface area contributed by atoms with E-state index in [4.69, 9.17) is 32.3 Å². The van der Waals surface area contributed by atoms with Crippen LogP contribution < -0.4 is 0 Å². The molecule has 103 heavy (non-hydrogen) atoms. The van der Waals surface area contributed by atoms with E-state index in [9.17, 15) is 43.5 Å². The number of aliphatic hydroxyl groups is 2. The third-order valence-electron chi connectivity index (χ3n) is 17.1.